The van der Waals surface area contributed by atoms with E-state index in [0.717, 1.165) is 5.39 Å². The average molecular weight is 282 g/mol. The highest BCUT2D eigenvalue weighted by atomic mass is 16.6. The minimum atomic E-state index is -0.547. The van der Waals surface area contributed by atoms with Crippen molar-refractivity contribution in [2.75, 3.05) is 0 Å². The maximum Gasteiger partial charge on any atom is 0.269 e. The van der Waals surface area contributed by atoms with E-state index in [9.17, 15) is 14.9 Å². The van der Waals surface area contributed by atoms with Crippen LogP contribution >= 0.6 is 0 Å². The zero-order valence-corrected chi connectivity index (χ0v) is 10.8. The second kappa shape index (κ2) is 4.71. The van der Waals surface area contributed by atoms with E-state index in [1.807, 2.05) is 6.07 Å². The molecule has 3 rings (SSSR count). The highest BCUT2D eigenvalue weighted by Crippen LogP contribution is 2.20. The number of nitrogens with two attached hydrogens (primary N) is 1. The number of nitro benzene ring substituents is 1. The van der Waals surface area contributed by atoms with Crippen LogP contribution in [0, 0.1) is 10.1 Å². The summed E-state index contributed by atoms with van der Waals surface area (Å²) in [5.74, 6) is -0.547. The molecule has 1 heterocycles. The number of rotatable bonds is 3. The number of nitrogens with zero attached hydrogens (tertiary/aromatic N) is 3. The molecule has 0 bridgehead atoms. The van der Waals surface area contributed by atoms with Gasteiger partial charge in [0.05, 0.1) is 16.2 Å². The number of primary amides is 1. The standard InChI is InChI=1S/C14H10N4O3/c15-14(19)12-3-1-2-9-8-17(16-13(9)12)10-4-6-11(7-5-10)18(20)21/h1-8H,(H2,15,19). The summed E-state index contributed by atoms with van der Waals surface area (Å²) < 4.78 is 1.56. The number of carbonyl (C=O) groups excluding carboxylic acids is 1. The third-order valence-corrected chi connectivity index (χ3v) is 3.13. The van der Waals surface area contributed by atoms with Crippen LogP contribution in [0.2, 0.25) is 0 Å². The van der Waals surface area contributed by atoms with Crippen molar-refractivity contribution in [1.82, 2.24) is 9.78 Å². The highest BCUT2D eigenvalue weighted by Gasteiger charge is 2.11. The van der Waals surface area contributed by atoms with Crippen molar-refractivity contribution >= 4 is 22.5 Å². The summed E-state index contributed by atoms with van der Waals surface area (Å²) >= 11 is 0. The predicted octanol–water partition coefficient (Wildman–Crippen LogP) is 2.03. The van der Waals surface area contributed by atoms with E-state index in [4.69, 9.17) is 5.73 Å². The zero-order valence-electron chi connectivity index (χ0n) is 10.8. The van der Waals surface area contributed by atoms with Crippen molar-refractivity contribution in [2.24, 2.45) is 5.73 Å². The lowest BCUT2D eigenvalue weighted by molar-refractivity contribution is -0.384. The molecule has 1 aromatic heterocycles. The van der Waals surface area contributed by atoms with Crippen molar-refractivity contribution < 1.29 is 9.72 Å². The first kappa shape index (κ1) is 12.8. The van der Waals surface area contributed by atoms with Gasteiger partial charge in [0.1, 0.15) is 5.52 Å². The van der Waals surface area contributed by atoms with Crippen LogP contribution in [0.25, 0.3) is 16.6 Å². The van der Waals surface area contributed by atoms with Crippen LogP contribution in [0.15, 0.2) is 48.7 Å². The largest absolute Gasteiger partial charge is 0.366 e. The van der Waals surface area contributed by atoms with Crippen LogP contribution in [0.3, 0.4) is 0 Å². The van der Waals surface area contributed by atoms with Crippen molar-refractivity contribution in [1.29, 1.82) is 0 Å². The molecule has 3 aromatic rings. The molecule has 2 aromatic carbocycles. The fourth-order valence-corrected chi connectivity index (χ4v) is 2.10. The number of non-ortho nitro benzene ring substituents is 1. The van der Waals surface area contributed by atoms with Crippen LogP contribution in [-0.4, -0.2) is 20.6 Å². The van der Waals surface area contributed by atoms with Gasteiger partial charge in [-0.3, -0.25) is 14.9 Å². The van der Waals surface area contributed by atoms with E-state index >= 15 is 0 Å². The lowest BCUT2D eigenvalue weighted by Crippen LogP contribution is -2.11. The molecule has 0 saturated carbocycles. The molecular formula is C14H10N4O3. The predicted molar refractivity (Wildman–Crippen MR) is 76.2 cm³/mol. The molecular weight excluding hydrogens is 272 g/mol. The van der Waals surface area contributed by atoms with E-state index in [-0.39, 0.29) is 5.69 Å². The van der Waals surface area contributed by atoms with E-state index in [2.05, 4.69) is 5.10 Å². The smallest absolute Gasteiger partial charge is 0.269 e. The summed E-state index contributed by atoms with van der Waals surface area (Å²) in [4.78, 5) is 21.6. The molecule has 0 aliphatic rings. The Morgan fingerprint density at radius 3 is 2.52 bits per heavy atom. The van der Waals surface area contributed by atoms with Gasteiger partial charge in [0.15, 0.2) is 0 Å². The average Bonchev–Trinajstić information content (AvgIpc) is 2.90. The van der Waals surface area contributed by atoms with Gasteiger partial charge in [-0.1, -0.05) is 12.1 Å². The Bertz CT molecular complexity index is 852. The summed E-state index contributed by atoms with van der Waals surface area (Å²) in [6.07, 6.45) is 1.74. The molecule has 1 amide bonds. The number of benzene rings is 2. The number of amides is 1. The first-order valence-electron chi connectivity index (χ1n) is 6.09. The van der Waals surface area contributed by atoms with Gasteiger partial charge in [-0.15, -0.1) is 0 Å². The topological polar surface area (TPSA) is 104 Å². The van der Waals surface area contributed by atoms with Gasteiger partial charge < -0.3 is 5.73 Å². The minimum Gasteiger partial charge on any atom is -0.366 e. The Kier molecular flexibility index (Phi) is 2.87. The molecule has 21 heavy (non-hydrogen) atoms. The van der Waals surface area contributed by atoms with Crippen LogP contribution < -0.4 is 5.73 Å². The van der Waals surface area contributed by atoms with Gasteiger partial charge in [-0.25, -0.2) is 4.68 Å². The summed E-state index contributed by atoms with van der Waals surface area (Å²) in [5, 5.41) is 15.7. The van der Waals surface area contributed by atoms with Crippen LogP contribution in [-0.2, 0) is 0 Å². The summed E-state index contributed by atoms with van der Waals surface area (Å²) in [6, 6.07) is 11.1. The quantitative estimate of drug-likeness (QED) is 0.586. The fraction of sp³-hybridized carbons (Fsp3) is 0. The van der Waals surface area contributed by atoms with Crippen molar-refractivity contribution in [2.45, 2.75) is 0 Å². The SMILES string of the molecule is NC(=O)c1cccc2cn(-c3ccc([N+](=O)[O-])cc3)nc12. The van der Waals surface area contributed by atoms with Crippen LogP contribution in [0.1, 0.15) is 10.4 Å². The lowest BCUT2D eigenvalue weighted by Gasteiger charge is -2.00. The second-order valence-electron chi connectivity index (χ2n) is 4.45. The van der Waals surface area contributed by atoms with Crippen molar-refractivity contribution in [3.05, 3.63) is 64.3 Å². The normalized spacial score (nSPS) is 10.7. The van der Waals surface area contributed by atoms with Gasteiger partial charge in [-0.2, -0.15) is 5.10 Å². The molecule has 0 atom stereocenters. The Balaban J connectivity index is 2.11. The summed E-state index contributed by atoms with van der Waals surface area (Å²) in [6.45, 7) is 0. The Morgan fingerprint density at radius 2 is 1.90 bits per heavy atom. The van der Waals surface area contributed by atoms with Crippen LogP contribution in [0.5, 0.6) is 0 Å². The Hall–Kier alpha value is -3.22. The van der Waals surface area contributed by atoms with E-state index in [1.165, 1.54) is 12.1 Å². The Morgan fingerprint density at radius 1 is 1.19 bits per heavy atom. The van der Waals surface area contributed by atoms with Crippen LogP contribution in [0.4, 0.5) is 5.69 Å². The number of carbonyl (C=O) groups is 1. The molecule has 0 unspecified atom stereocenters. The molecule has 0 radical (unpaired) electrons. The molecule has 2 N–H and O–H groups in total. The fourth-order valence-electron chi connectivity index (χ4n) is 2.10. The molecule has 0 fully saturated rings. The van der Waals surface area contributed by atoms with Gasteiger partial charge in [0.2, 0.25) is 0 Å². The highest BCUT2D eigenvalue weighted by molar-refractivity contribution is 6.04. The number of hydrogen-bond donors (Lipinski definition) is 1. The number of nitro groups is 1. The third kappa shape index (κ3) is 2.20. The van der Waals surface area contributed by atoms with Gasteiger partial charge in [0, 0.05) is 23.7 Å². The maximum absolute atomic E-state index is 11.4. The molecule has 7 heteroatoms. The number of hydrogen-bond acceptors (Lipinski definition) is 4. The summed E-state index contributed by atoms with van der Waals surface area (Å²) in [7, 11) is 0. The molecule has 0 aliphatic heterocycles. The molecule has 0 spiro atoms. The van der Waals surface area contributed by atoms with E-state index in [1.54, 1.807) is 35.1 Å². The second-order valence-corrected chi connectivity index (χ2v) is 4.45. The lowest BCUT2D eigenvalue weighted by atomic mass is 10.1. The van der Waals surface area contributed by atoms with Gasteiger partial charge >= 0.3 is 0 Å². The molecule has 7 nitrogen and oxygen atoms in total. The number of fused-ring (bicyclic) bond motifs is 1. The van der Waals surface area contributed by atoms with E-state index < -0.39 is 10.8 Å². The summed E-state index contributed by atoms with van der Waals surface area (Å²) in [5.41, 5.74) is 6.83. The maximum atomic E-state index is 11.4. The van der Waals surface area contributed by atoms with Gasteiger partial charge in [0.25, 0.3) is 11.6 Å². The van der Waals surface area contributed by atoms with Crippen molar-refractivity contribution in [3.63, 3.8) is 0 Å². The van der Waals surface area contributed by atoms with Crippen molar-refractivity contribution in [3.8, 4) is 5.69 Å². The number of aromatic nitrogens is 2. The molecule has 0 aliphatic carbocycles. The Labute approximate surface area is 118 Å². The van der Waals surface area contributed by atoms with Gasteiger partial charge in [-0.05, 0) is 18.2 Å². The van der Waals surface area contributed by atoms with E-state index in [0.29, 0.717) is 16.8 Å². The molecule has 104 valence electrons. The third-order valence-electron chi connectivity index (χ3n) is 3.13. The monoisotopic (exact) mass is 282 g/mol. The first-order chi connectivity index (χ1) is 10.1. The minimum absolute atomic E-state index is 0.00767. The zero-order chi connectivity index (χ0) is 15.0. The first-order valence-corrected chi connectivity index (χ1v) is 6.09. The molecule has 0 saturated heterocycles.